The summed E-state index contributed by atoms with van der Waals surface area (Å²) >= 11 is 0. The van der Waals surface area contributed by atoms with Crippen LogP contribution >= 0.6 is 0 Å². The topological polar surface area (TPSA) is 65.8 Å². The first kappa shape index (κ1) is 16.0. The number of ketones is 1. The Labute approximate surface area is 116 Å². The Morgan fingerprint density at radius 1 is 1.05 bits per heavy atom. The van der Waals surface area contributed by atoms with Crippen molar-refractivity contribution >= 4 is 5.78 Å². The van der Waals surface area contributed by atoms with E-state index in [1.54, 1.807) is 0 Å². The average molecular weight is 265 g/mol. The second-order valence-electron chi connectivity index (χ2n) is 5.63. The summed E-state index contributed by atoms with van der Waals surface area (Å²) in [6, 6.07) is 0. The van der Waals surface area contributed by atoms with E-state index in [1.807, 2.05) is 0 Å². The normalized spacial score (nSPS) is 22.9. The number of azide groups is 1. The molecule has 1 unspecified atom stereocenters. The van der Waals surface area contributed by atoms with Crippen LogP contribution in [0.2, 0.25) is 0 Å². The molecule has 0 aromatic heterocycles. The average Bonchev–Trinajstić information content (AvgIpc) is 2.41. The van der Waals surface area contributed by atoms with Gasteiger partial charge in [-0.05, 0) is 31.2 Å². The number of carbonyl (C=O) groups excluding carboxylic acids is 1. The van der Waals surface area contributed by atoms with E-state index in [1.165, 1.54) is 44.9 Å². The van der Waals surface area contributed by atoms with Crippen LogP contribution < -0.4 is 0 Å². The molecule has 1 saturated carbocycles. The van der Waals surface area contributed by atoms with Gasteiger partial charge in [-0.25, -0.2) is 0 Å². The molecule has 0 aromatic carbocycles. The maximum atomic E-state index is 12.2. The minimum Gasteiger partial charge on any atom is -0.299 e. The van der Waals surface area contributed by atoms with E-state index >= 15 is 0 Å². The van der Waals surface area contributed by atoms with Crippen LogP contribution in [0.1, 0.15) is 77.0 Å². The lowest BCUT2D eigenvalue weighted by atomic mass is 9.88. The fourth-order valence-electron chi connectivity index (χ4n) is 2.87. The Morgan fingerprint density at radius 3 is 2.37 bits per heavy atom. The molecule has 4 heteroatoms. The molecule has 1 fully saturated rings. The Hall–Kier alpha value is -1.02. The summed E-state index contributed by atoms with van der Waals surface area (Å²) in [6.07, 6.45) is 13.5. The molecule has 0 N–H and O–H groups in total. The van der Waals surface area contributed by atoms with Crippen LogP contribution in [-0.4, -0.2) is 12.3 Å². The van der Waals surface area contributed by atoms with Crippen molar-refractivity contribution in [3.63, 3.8) is 0 Å². The van der Waals surface area contributed by atoms with Gasteiger partial charge in [-0.1, -0.05) is 50.1 Å². The molecule has 0 spiro atoms. The summed E-state index contributed by atoms with van der Waals surface area (Å²) < 4.78 is 0. The van der Waals surface area contributed by atoms with Gasteiger partial charge in [0.15, 0.2) is 0 Å². The van der Waals surface area contributed by atoms with E-state index in [0.717, 1.165) is 32.1 Å². The molecule has 0 aromatic rings. The van der Waals surface area contributed by atoms with Crippen LogP contribution in [0.15, 0.2) is 5.11 Å². The number of carbonyl (C=O) groups is 1. The standard InChI is InChI=1S/C15H27N3O/c16-18-17-13-9-11-14-10-7-5-3-1-2-4-6-8-12-15(14)19/h14H,1-13H2. The third-order valence-electron chi connectivity index (χ3n) is 4.06. The van der Waals surface area contributed by atoms with Crippen molar-refractivity contribution in [1.82, 2.24) is 0 Å². The van der Waals surface area contributed by atoms with Crippen molar-refractivity contribution in [3.05, 3.63) is 10.4 Å². The number of hydrogen-bond acceptors (Lipinski definition) is 2. The Kier molecular flexibility index (Phi) is 9.17. The van der Waals surface area contributed by atoms with Crippen LogP contribution in [0.5, 0.6) is 0 Å². The predicted octanol–water partition coefficient (Wildman–Crippen LogP) is 5.18. The molecule has 1 aliphatic rings. The minimum absolute atomic E-state index is 0.216. The summed E-state index contributed by atoms with van der Waals surface area (Å²) in [5.41, 5.74) is 8.26. The zero-order valence-electron chi connectivity index (χ0n) is 12.0. The van der Waals surface area contributed by atoms with E-state index in [-0.39, 0.29) is 5.92 Å². The molecule has 0 heterocycles. The van der Waals surface area contributed by atoms with Crippen LogP contribution in [0.25, 0.3) is 10.4 Å². The number of Topliss-reactive ketones (excluding diaryl/α,β-unsaturated/α-hetero) is 1. The maximum absolute atomic E-state index is 12.2. The molecule has 4 nitrogen and oxygen atoms in total. The molecule has 0 radical (unpaired) electrons. The fourth-order valence-corrected chi connectivity index (χ4v) is 2.87. The smallest absolute Gasteiger partial charge is 0.135 e. The molecular formula is C15H27N3O. The highest BCUT2D eigenvalue weighted by molar-refractivity contribution is 5.80. The molecular weight excluding hydrogens is 238 g/mol. The summed E-state index contributed by atoms with van der Waals surface area (Å²) in [5, 5.41) is 3.55. The summed E-state index contributed by atoms with van der Waals surface area (Å²) in [4.78, 5) is 15.0. The van der Waals surface area contributed by atoms with Crippen molar-refractivity contribution in [2.75, 3.05) is 6.54 Å². The fraction of sp³-hybridized carbons (Fsp3) is 0.933. The van der Waals surface area contributed by atoms with Gasteiger partial charge in [-0.15, -0.1) is 0 Å². The lowest BCUT2D eigenvalue weighted by Gasteiger charge is -2.16. The van der Waals surface area contributed by atoms with Gasteiger partial charge in [0, 0.05) is 23.8 Å². The first-order valence-corrected chi connectivity index (χ1v) is 7.88. The monoisotopic (exact) mass is 265 g/mol. The van der Waals surface area contributed by atoms with Crippen LogP contribution in [-0.2, 0) is 4.79 Å². The lowest BCUT2D eigenvalue weighted by Crippen LogP contribution is -2.15. The second kappa shape index (κ2) is 10.9. The summed E-state index contributed by atoms with van der Waals surface area (Å²) in [5.74, 6) is 0.662. The van der Waals surface area contributed by atoms with E-state index in [2.05, 4.69) is 10.0 Å². The highest BCUT2D eigenvalue weighted by Crippen LogP contribution is 2.22. The molecule has 0 amide bonds. The van der Waals surface area contributed by atoms with E-state index in [9.17, 15) is 4.79 Å². The van der Waals surface area contributed by atoms with Crippen molar-refractivity contribution in [1.29, 1.82) is 0 Å². The van der Waals surface area contributed by atoms with Crippen molar-refractivity contribution in [2.45, 2.75) is 77.0 Å². The van der Waals surface area contributed by atoms with Crippen molar-refractivity contribution < 1.29 is 4.79 Å². The predicted molar refractivity (Wildman–Crippen MR) is 77.9 cm³/mol. The van der Waals surface area contributed by atoms with Crippen molar-refractivity contribution in [3.8, 4) is 0 Å². The molecule has 19 heavy (non-hydrogen) atoms. The lowest BCUT2D eigenvalue weighted by molar-refractivity contribution is -0.123. The largest absolute Gasteiger partial charge is 0.299 e. The van der Waals surface area contributed by atoms with Crippen LogP contribution in [0.4, 0.5) is 0 Å². The first-order chi connectivity index (χ1) is 9.34. The van der Waals surface area contributed by atoms with Crippen molar-refractivity contribution in [2.24, 2.45) is 11.0 Å². The van der Waals surface area contributed by atoms with Gasteiger partial charge in [0.1, 0.15) is 5.78 Å². The molecule has 0 bridgehead atoms. The molecule has 1 aliphatic carbocycles. The highest BCUT2D eigenvalue weighted by Gasteiger charge is 2.17. The number of rotatable bonds is 4. The molecule has 108 valence electrons. The third kappa shape index (κ3) is 7.89. The maximum Gasteiger partial charge on any atom is 0.135 e. The zero-order valence-corrected chi connectivity index (χ0v) is 12.0. The summed E-state index contributed by atoms with van der Waals surface area (Å²) in [7, 11) is 0. The quantitative estimate of drug-likeness (QED) is 0.299. The SMILES string of the molecule is [N-]=[N+]=NCCCC1CCCCCCCCCCC1=O. The number of nitrogens with zero attached hydrogens (tertiary/aromatic N) is 3. The van der Waals surface area contributed by atoms with Crippen LogP contribution in [0, 0.1) is 5.92 Å². The minimum atomic E-state index is 0.216. The Bertz CT molecular complexity index is 298. The second-order valence-corrected chi connectivity index (χ2v) is 5.63. The van der Waals surface area contributed by atoms with Gasteiger partial charge in [0.2, 0.25) is 0 Å². The number of hydrogen-bond donors (Lipinski definition) is 0. The van der Waals surface area contributed by atoms with Gasteiger partial charge in [0.05, 0.1) is 0 Å². The van der Waals surface area contributed by atoms with Gasteiger partial charge < -0.3 is 0 Å². The van der Waals surface area contributed by atoms with Gasteiger partial charge in [-0.3, -0.25) is 4.79 Å². The van der Waals surface area contributed by atoms with E-state index in [4.69, 9.17) is 5.53 Å². The Morgan fingerprint density at radius 2 is 1.68 bits per heavy atom. The van der Waals surface area contributed by atoms with Gasteiger partial charge in [-0.2, -0.15) is 0 Å². The first-order valence-electron chi connectivity index (χ1n) is 7.88. The Balaban J connectivity index is 2.37. The van der Waals surface area contributed by atoms with E-state index in [0.29, 0.717) is 12.3 Å². The highest BCUT2D eigenvalue weighted by atomic mass is 16.1. The molecule has 0 aliphatic heterocycles. The summed E-state index contributed by atoms with van der Waals surface area (Å²) in [6.45, 7) is 0.528. The van der Waals surface area contributed by atoms with Gasteiger partial charge >= 0.3 is 0 Å². The molecule has 0 saturated heterocycles. The zero-order chi connectivity index (χ0) is 13.8. The molecule has 1 atom stereocenters. The molecule has 1 rings (SSSR count). The van der Waals surface area contributed by atoms with E-state index < -0.39 is 0 Å². The third-order valence-corrected chi connectivity index (χ3v) is 4.06. The van der Waals surface area contributed by atoms with Crippen LogP contribution in [0.3, 0.4) is 0 Å². The van der Waals surface area contributed by atoms with Gasteiger partial charge in [0.25, 0.3) is 0 Å².